The molecule has 1 unspecified atom stereocenters. The summed E-state index contributed by atoms with van der Waals surface area (Å²) >= 11 is 0. The Balaban J connectivity index is 2.33. The van der Waals surface area contributed by atoms with Gasteiger partial charge in [0.05, 0.1) is 11.4 Å². The lowest BCUT2D eigenvalue weighted by atomic mass is 9.96. The van der Waals surface area contributed by atoms with Gasteiger partial charge >= 0.3 is 0 Å². The fourth-order valence-corrected chi connectivity index (χ4v) is 2.63. The monoisotopic (exact) mass is 284 g/mol. The molecule has 2 aromatic rings. The molecular weight excluding hydrogens is 260 g/mol. The Hall–Kier alpha value is -1.94. The standard InChI is InChI=1S/C17H24N4/c1-4-6-7-14(11-18-3)17-13(5-2)10-16(21-17)15-8-9-19-12-20-15/h5,8-10,12,14,18,21H,2,4,6-7,11H2,1,3H3. The minimum atomic E-state index is 0.471. The van der Waals surface area contributed by atoms with E-state index in [4.69, 9.17) is 0 Å². The molecular formula is C17H24N4. The van der Waals surface area contributed by atoms with Crippen LogP contribution in [0.5, 0.6) is 0 Å². The summed E-state index contributed by atoms with van der Waals surface area (Å²) in [4.78, 5) is 11.8. The zero-order valence-electron chi connectivity index (χ0n) is 12.9. The van der Waals surface area contributed by atoms with Crippen molar-refractivity contribution >= 4 is 6.08 Å². The van der Waals surface area contributed by atoms with Gasteiger partial charge in [-0.1, -0.05) is 32.4 Å². The van der Waals surface area contributed by atoms with Crippen molar-refractivity contribution in [1.29, 1.82) is 0 Å². The lowest BCUT2D eigenvalue weighted by Crippen LogP contribution is -2.18. The molecule has 0 fully saturated rings. The first-order valence-corrected chi connectivity index (χ1v) is 7.56. The quantitative estimate of drug-likeness (QED) is 0.778. The summed E-state index contributed by atoms with van der Waals surface area (Å²) in [5.41, 5.74) is 4.36. The summed E-state index contributed by atoms with van der Waals surface area (Å²) in [6.07, 6.45) is 8.87. The lowest BCUT2D eigenvalue weighted by molar-refractivity contribution is 0.546. The number of aromatic nitrogens is 3. The van der Waals surface area contributed by atoms with Crippen LogP contribution >= 0.6 is 0 Å². The molecule has 0 aliphatic carbocycles. The van der Waals surface area contributed by atoms with Crippen LogP contribution in [0.4, 0.5) is 0 Å². The molecule has 2 rings (SSSR count). The van der Waals surface area contributed by atoms with Crippen molar-refractivity contribution in [3.05, 3.63) is 42.5 Å². The van der Waals surface area contributed by atoms with Gasteiger partial charge in [0.1, 0.15) is 6.33 Å². The Labute approximate surface area is 126 Å². The second-order valence-corrected chi connectivity index (χ2v) is 5.25. The molecule has 0 bridgehead atoms. The van der Waals surface area contributed by atoms with Crippen LogP contribution in [-0.2, 0) is 0 Å². The van der Waals surface area contributed by atoms with Gasteiger partial charge in [-0.3, -0.25) is 0 Å². The normalized spacial score (nSPS) is 12.3. The Morgan fingerprint density at radius 3 is 2.95 bits per heavy atom. The molecule has 2 heterocycles. The van der Waals surface area contributed by atoms with Crippen LogP contribution in [0.15, 0.2) is 31.2 Å². The summed E-state index contributed by atoms with van der Waals surface area (Å²) in [7, 11) is 2.00. The van der Waals surface area contributed by atoms with Crippen molar-refractivity contribution in [1.82, 2.24) is 20.3 Å². The van der Waals surface area contributed by atoms with E-state index in [2.05, 4.69) is 39.8 Å². The predicted octanol–water partition coefficient (Wildman–Crippen LogP) is 3.61. The van der Waals surface area contributed by atoms with Crippen LogP contribution in [0.25, 0.3) is 17.5 Å². The Bertz CT molecular complexity index is 559. The number of nitrogens with one attached hydrogen (secondary N) is 2. The van der Waals surface area contributed by atoms with Crippen molar-refractivity contribution in [2.24, 2.45) is 0 Å². The van der Waals surface area contributed by atoms with E-state index in [9.17, 15) is 0 Å². The van der Waals surface area contributed by atoms with Gasteiger partial charge < -0.3 is 10.3 Å². The zero-order chi connectivity index (χ0) is 15.1. The fourth-order valence-electron chi connectivity index (χ4n) is 2.63. The van der Waals surface area contributed by atoms with Gasteiger partial charge in [0.25, 0.3) is 0 Å². The average molecular weight is 284 g/mol. The Morgan fingerprint density at radius 2 is 2.33 bits per heavy atom. The highest BCUT2D eigenvalue weighted by Crippen LogP contribution is 2.29. The maximum Gasteiger partial charge on any atom is 0.116 e. The van der Waals surface area contributed by atoms with E-state index in [1.165, 1.54) is 30.5 Å². The van der Waals surface area contributed by atoms with E-state index >= 15 is 0 Å². The molecule has 4 heteroatoms. The number of H-pyrrole nitrogens is 1. The third-order valence-corrected chi connectivity index (χ3v) is 3.72. The molecule has 0 saturated carbocycles. The number of unbranched alkanes of at least 4 members (excludes halogenated alkanes) is 1. The van der Waals surface area contributed by atoms with Crippen LogP contribution in [0.1, 0.15) is 43.4 Å². The first kappa shape index (κ1) is 15.4. The van der Waals surface area contributed by atoms with Gasteiger partial charge in [-0.25, -0.2) is 9.97 Å². The van der Waals surface area contributed by atoms with Crippen LogP contribution in [0.3, 0.4) is 0 Å². The molecule has 4 nitrogen and oxygen atoms in total. The molecule has 0 amide bonds. The molecule has 2 aromatic heterocycles. The minimum Gasteiger partial charge on any atom is -0.356 e. The summed E-state index contributed by atoms with van der Waals surface area (Å²) in [6.45, 7) is 7.14. The summed E-state index contributed by atoms with van der Waals surface area (Å²) in [5.74, 6) is 0.471. The number of hydrogen-bond donors (Lipinski definition) is 2. The Kier molecular flexibility index (Phi) is 5.69. The number of nitrogens with zero attached hydrogens (tertiary/aromatic N) is 2. The molecule has 0 radical (unpaired) electrons. The summed E-state index contributed by atoms with van der Waals surface area (Å²) < 4.78 is 0. The van der Waals surface area contributed by atoms with E-state index in [-0.39, 0.29) is 0 Å². The zero-order valence-corrected chi connectivity index (χ0v) is 12.9. The lowest BCUT2D eigenvalue weighted by Gasteiger charge is -2.16. The van der Waals surface area contributed by atoms with E-state index in [0.29, 0.717) is 5.92 Å². The SMILES string of the molecule is C=Cc1cc(-c2ccncn2)[nH]c1C(CCCC)CNC. The van der Waals surface area contributed by atoms with E-state index in [1.54, 1.807) is 12.5 Å². The third-order valence-electron chi connectivity index (χ3n) is 3.72. The topological polar surface area (TPSA) is 53.6 Å². The van der Waals surface area contributed by atoms with Crippen LogP contribution in [0, 0.1) is 0 Å². The summed E-state index contributed by atoms with van der Waals surface area (Å²) in [6, 6.07) is 4.04. The van der Waals surface area contributed by atoms with Gasteiger partial charge in [-0.05, 0) is 31.2 Å². The van der Waals surface area contributed by atoms with E-state index < -0.39 is 0 Å². The Morgan fingerprint density at radius 1 is 1.48 bits per heavy atom. The third kappa shape index (κ3) is 3.79. The first-order valence-electron chi connectivity index (χ1n) is 7.56. The molecule has 21 heavy (non-hydrogen) atoms. The smallest absolute Gasteiger partial charge is 0.116 e. The van der Waals surface area contributed by atoms with Crippen molar-refractivity contribution in [3.8, 4) is 11.4 Å². The predicted molar refractivity (Wildman–Crippen MR) is 88.1 cm³/mol. The second kappa shape index (κ2) is 7.74. The average Bonchev–Trinajstić information content (AvgIpc) is 2.96. The van der Waals surface area contributed by atoms with Gasteiger partial charge in [0.15, 0.2) is 0 Å². The number of likely N-dealkylation sites (N-methyl/N-ethyl adjacent to an activating group) is 1. The molecule has 0 spiro atoms. The molecule has 0 saturated heterocycles. The first-order chi connectivity index (χ1) is 10.3. The van der Waals surface area contributed by atoms with E-state index in [1.807, 2.05) is 19.2 Å². The maximum absolute atomic E-state index is 4.31. The highest BCUT2D eigenvalue weighted by molar-refractivity contribution is 5.64. The van der Waals surface area contributed by atoms with Gasteiger partial charge in [-0.15, -0.1) is 0 Å². The van der Waals surface area contributed by atoms with Gasteiger partial charge in [0, 0.05) is 24.4 Å². The molecule has 112 valence electrons. The molecule has 0 aromatic carbocycles. The van der Waals surface area contributed by atoms with Gasteiger partial charge in [-0.2, -0.15) is 0 Å². The van der Waals surface area contributed by atoms with Crippen LogP contribution in [-0.4, -0.2) is 28.5 Å². The molecule has 1 atom stereocenters. The largest absolute Gasteiger partial charge is 0.356 e. The highest BCUT2D eigenvalue weighted by atomic mass is 14.9. The van der Waals surface area contributed by atoms with Crippen LogP contribution in [0.2, 0.25) is 0 Å². The summed E-state index contributed by atoms with van der Waals surface area (Å²) in [5, 5.41) is 3.30. The van der Waals surface area contributed by atoms with Crippen molar-refractivity contribution in [3.63, 3.8) is 0 Å². The number of rotatable bonds is 8. The van der Waals surface area contributed by atoms with Crippen molar-refractivity contribution < 1.29 is 0 Å². The molecule has 0 aliphatic rings. The second-order valence-electron chi connectivity index (χ2n) is 5.25. The van der Waals surface area contributed by atoms with E-state index in [0.717, 1.165) is 17.9 Å². The van der Waals surface area contributed by atoms with Crippen molar-refractivity contribution in [2.75, 3.05) is 13.6 Å². The number of aromatic amines is 1. The molecule has 2 N–H and O–H groups in total. The molecule has 0 aliphatic heterocycles. The highest BCUT2D eigenvalue weighted by Gasteiger charge is 2.17. The fraction of sp³-hybridized carbons (Fsp3) is 0.412. The maximum atomic E-state index is 4.31. The van der Waals surface area contributed by atoms with Gasteiger partial charge in [0.2, 0.25) is 0 Å². The minimum absolute atomic E-state index is 0.471. The number of hydrogen-bond acceptors (Lipinski definition) is 3. The van der Waals surface area contributed by atoms with Crippen molar-refractivity contribution in [2.45, 2.75) is 32.1 Å². The van der Waals surface area contributed by atoms with Crippen LogP contribution < -0.4 is 5.32 Å².